The van der Waals surface area contributed by atoms with Gasteiger partial charge in [-0.15, -0.1) is 0 Å². The molecule has 0 aliphatic carbocycles. The second-order valence-corrected chi connectivity index (χ2v) is 3.60. The van der Waals surface area contributed by atoms with Crippen molar-refractivity contribution in [2.24, 2.45) is 0 Å². The molecule has 4 nitrogen and oxygen atoms in total. The summed E-state index contributed by atoms with van der Waals surface area (Å²) in [4.78, 5) is 8.24. The van der Waals surface area contributed by atoms with Gasteiger partial charge in [0.25, 0.3) is 0 Å². The van der Waals surface area contributed by atoms with Gasteiger partial charge in [-0.2, -0.15) is 0 Å². The van der Waals surface area contributed by atoms with Gasteiger partial charge in [0.05, 0.1) is 0 Å². The first-order chi connectivity index (χ1) is 7.22. The summed E-state index contributed by atoms with van der Waals surface area (Å²) < 4.78 is 0. The van der Waals surface area contributed by atoms with E-state index in [4.69, 9.17) is 5.73 Å². The molecule has 0 radical (unpaired) electrons. The Balaban J connectivity index is 2.88. The highest BCUT2D eigenvalue weighted by atomic mass is 15.1. The van der Waals surface area contributed by atoms with Crippen LogP contribution in [0, 0.1) is 0 Å². The fourth-order valence-electron chi connectivity index (χ4n) is 1.59. The van der Waals surface area contributed by atoms with Crippen LogP contribution in [0.15, 0.2) is 6.33 Å². The zero-order chi connectivity index (χ0) is 11.3. The Kier molecular flexibility index (Phi) is 4.34. The molecule has 0 saturated carbocycles. The molecule has 0 amide bonds. The van der Waals surface area contributed by atoms with Crippen molar-refractivity contribution in [3.8, 4) is 0 Å². The molecule has 4 heteroatoms. The fourth-order valence-corrected chi connectivity index (χ4v) is 1.59. The average Bonchev–Trinajstić information content (AvgIpc) is 2.26. The molecule has 0 spiro atoms. The highest BCUT2D eigenvalue weighted by molar-refractivity contribution is 5.55. The summed E-state index contributed by atoms with van der Waals surface area (Å²) in [6.07, 6.45) is 4.54. The van der Waals surface area contributed by atoms with Gasteiger partial charge in [-0.25, -0.2) is 9.97 Å². The Hall–Kier alpha value is -1.32. The molecule has 0 atom stereocenters. The molecule has 1 aromatic rings. The quantitative estimate of drug-likeness (QED) is 0.778. The Morgan fingerprint density at radius 1 is 1.27 bits per heavy atom. The Labute approximate surface area is 91.3 Å². The third kappa shape index (κ3) is 2.81. The van der Waals surface area contributed by atoms with Crippen LogP contribution in [-0.4, -0.2) is 16.0 Å². The number of nitrogens with one attached hydrogen (secondary N) is 1. The van der Waals surface area contributed by atoms with Crippen LogP contribution in [0.25, 0.3) is 0 Å². The minimum absolute atomic E-state index is 0.463. The molecular formula is C11H20N4. The molecule has 0 bridgehead atoms. The van der Waals surface area contributed by atoms with Crippen molar-refractivity contribution >= 4 is 11.6 Å². The van der Waals surface area contributed by atoms with E-state index in [0.29, 0.717) is 11.9 Å². The molecule has 1 heterocycles. The molecule has 0 aromatic carbocycles. The maximum atomic E-state index is 5.80. The van der Waals surface area contributed by atoms with Crippen molar-refractivity contribution in [1.82, 2.24) is 9.97 Å². The SMILES string of the molecule is CCc1c(N)ncnc1NC(CC)CC. The van der Waals surface area contributed by atoms with E-state index in [1.807, 2.05) is 0 Å². The summed E-state index contributed by atoms with van der Waals surface area (Å²) in [5.41, 5.74) is 6.82. The third-order valence-corrected chi connectivity index (χ3v) is 2.66. The summed E-state index contributed by atoms with van der Waals surface area (Å²) in [7, 11) is 0. The van der Waals surface area contributed by atoms with Gasteiger partial charge in [0.2, 0.25) is 0 Å². The second-order valence-electron chi connectivity index (χ2n) is 3.60. The monoisotopic (exact) mass is 208 g/mol. The first-order valence-corrected chi connectivity index (χ1v) is 5.58. The topological polar surface area (TPSA) is 63.8 Å². The molecule has 0 aliphatic heterocycles. The summed E-state index contributed by atoms with van der Waals surface area (Å²) in [6, 6.07) is 0.463. The molecule has 0 aliphatic rings. The number of aromatic nitrogens is 2. The van der Waals surface area contributed by atoms with Crippen molar-refractivity contribution in [2.75, 3.05) is 11.1 Å². The van der Waals surface area contributed by atoms with Crippen LogP contribution >= 0.6 is 0 Å². The van der Waals surface area contributed by atoms with Crippen LogP contribution < -0.4 is 11.1 Å². The Morgan fingerprint density at radius 2 is 1.93 bits per heavy atom. The minimum Gasteiger partial charge on any atom is -0.383 e. The van der Waals surface area contributed by atoms with Gasteiger partial charge in [0.15, 0.2) is 0 Å². The van der Waals surface area contributed by atoms with Gasteiger partial charge in [-0.1, -0.05) is 20.8 Å². The first-order valence-electron chi connectivity index (χ1n) is 5.58. The van der Waals surface area contributed by atoms with Crippen LogP contribution in [-0.2, 0) is 6.42 Å². The van der Waals surface area contributed by atoms with Crippen LogP contribution in [0.2, 0.25) is 0 Å². The van der Waals surface area contributed by atoms with Crippen LogP contribution in [0.1, 0.15) is 39.2 Å². The van der Waals surface area contributed by atoms with E-state index in [-0.39, 0.29) is 0 Å². The molecule has 84 valence electrons. The number of hydrogen-bond donors (Lipinski definition) is 2. The maximum absolute atomic E-state index is 5.80. The Bertz CT molecular complexity index is 307. The number of anilines is 2. The van der Waals surface area contributed by atoms with Crippen molar-refractivity contribution in [1.29, 1.82) is 0 Å². The molecule has 1 rings (SSSR count). The molecule has 15 heavy (non-hydrogen) atoms. The van der Waals surface area contributed by atoms with Gasteiger partial charge in [0.1, 0.15) is 18.0 Å². The van der Waals surface area contributed by atoms with E-state index >= 15 is 0 Å². The van der Waals surface area contributed by atoms with Crippen LogP contribution in [0.4, 0.5) is 11.6 Å². The highest BCUT2D eigenvalue weighted by Gasteiger charge is 2.10. The summed E-state index contributed by atoms with van der Waals surface area (Å²) in [6.45, 7) is 6.39. The van der Waals surface area contributed by atoms with E-state index in [2.05, 4.69) is 36.1 Å². The molecule has 0 saturated heterocycles. The second kappa shape index (κ2) is 5.53. The number of hydrogen-bond acceptors (Lipinski definition) is 4. The minimum atomic E-state index is 0.463. The van der Waals surface area contributed by atoms with Crippen molar-refractivity contribution in [3.63, 3.8) is 0 Å². The van der Waals surface area contributed by atoms with Gasteiger partial charge < -0.3 is 11.1 Å². The van der Waals surface area contributed by atoms with E-state index in [1.165, 1.54) is 6.33 Å². The van der Waals surface area contributed by atoms with Gasteiger partial charge in [-0.3, -0.25) is 0 Å². The van der Waals surface area contributed by atoms with E-state index in [1.54, 1.807) is 0 Å². The third-order valence-electron chi connectivity index (χ3n) is 2.66. The van der Waals surface area contributed by atoms with E-state index in [9.17, 15) is 0 Å². The normalized spacial score (nSPS) is 10.7. The summed E-state index contributed by atoms with van der Waals surface area (Å²) in [5.74, 6) is 1.47. The molecule has 3 N–H and O–H groups in total. The predicted octanol–water partition coefficient (Wildman–Crippen LogP) is 2.22. The standard InChI is InChI=1S/C11H20N4/c1-4-8(5-2)15-11-9(6-3)10(12)13-7-14-11/h7-8H,4-6H2,1-3H3,(H3,12,13,14,15). The van der Waals surface area contributed by atoms with Crippen LogP contribution in [0.3, 0.4) is 0 Å². The highest BCUT2D eigenvalue weighted by Crippen LogP contribution is 2.19. The lowest BCUT2D eigenvalue weighted by molar-refractivity contribution is 0.667. The zero-order valence-electron chi connectivity index (χ0n) is 9.75. The lowest BCUT2D eigenvalue weighted by atomic mass is 10.1. The molecule has 0 fully saturated rings. The molecule has 0 unspecified atom stereocenters. The fraction of sp³-hybridized carbons (Fsp3) is 0.636. The van der Waals surface area contributed by atoms with Gasteiger partial charge in [0, 0.05) is 11.6 Å². The number of nitrogens with zero attached hydrogens (tertiary/aromatic N) is 2. The molecule has 1 aromatic heterocycles. The van der Waals surface area contributed by atoms with Crippen molar-refractivity contribution in [3.05, 3.63) is 11.9 Å². The van der Waals surface area contributed by atoms with E-state index < -0.39 is 0 Å². The van der Waals surface area contributed by atoms with Gasteiger partial charge in [-0.05, 0) is 19.3 Å². The van der Waals surface area contributed by atoms with Crippen molar-refractivity contribution in [2.45, 2.75) is 46.1 Å². The summed E-state index contributed by atoms with van der Waals surface area (Å²) >= 11 is 0. The lowest BCUT2D eigenvalue weighted by Crippen LogP contribution is -2.19. The van der Waals surface area contributed by atoms with Crippen molar-refractivity contribution < 1.29 is 0 Å². The van der Waals surface area contributed by atoms with Crippen LogP contribution in [0.5, 0.6) is 0 Å². The Morgan fingerprint density at radius 3 is 2.47 bits per heavy atom. The van der Waals surface area contributed by atoms with Gasteiger partial charge >= 0.3 is 0 Å². The van der Waals surface area contributed by atoms with E-state index in [0.717, 1.165) is 30.6 Å². The number of rotatable bonds is 5. The average molecular weight is 208 g/mol. The largest absolute Gasteiger partial charge is 0.383 e. The smallest absolute Gasteiger partial charge is 0.134 e. The lowest BCUT2D eigenvalue weighted by Gasteiger charge is -2.17. The number of nitrogens with two attached hydrogens (primary N) is 1. The predicted molar refractivity (Wildman–Crippen MR) is 63.8 cm³/mol. The number of nitrogen functional groups attached to an aromatic ring is 1. The summed E-state index contributed by atoms with van der Waals surface area (Å²) in [5, 5.41) is 3.41. The first kappa shape index (κ1) is 11.8. The zero-order valence-corrected chi connectivity index (χ0v) is 9.75. The molecular weight excluding hydrogens is 188 g/mol. The maximum Gasteiger partial charge on any atom is 0.134 e.